The number of benzene rings is 10. The molecular weight excluding hydrogens is 851 g/mol. The molecule has 0 atom stereocenters. The summed E-state index contributed by atoms with van der Waals surface area (Å²) in [5.74, 6) is 0. The molecule has 69 heavy (non-hydrogen) atoms. The normalized spacial score (nSPS) is 15.0. The van der Waals surface area contributed by atoms with E-state index in [1.54, 1.807) is 0 Å². The van der Waals surface area contributed by atoms with Crippen molar-refractivity contribution in [1.82, 2.24) is 0 Å². The lowest BCUT2D eigenvalue weighted by atomic mass is 9.67. The highest BCUT2D eigenvalue weighted by Gasteiger charge is 2.47. The van der Waals surface area contributed by atoms with Crippen LogP contribution in [0.3, 0.4) is 0 Å². The second-order valence-corrected chi connectivity index (χ2v) is 21.4. The van der Waals surface area contributed by atoms with Crippen molar-refractivity contribution in [2.75, 3.05) is 4.90 Å². The molecule has 0 saturated heterocycles. The number of hydrogen-bond donors (Lipinski definition) is 0. The largest absolute Gasteiger partial charge is 0.309 e. The standard InChI is InChI=1S/C67H49NS/c1-65(2)54-29-17-14-26-48(54)50-35-33-46(39-57(50)65)68(47-34-36-51-49-27-15-18-30-56(49)67(58(51)40-47,44-22-10-6-11-23-44)45-24-12-7-13-25-45)64-62-53-38-43(42-20-8-5-9-21-42)32-37-55(53)66(3,4)59(62)41-61-63(64)52-28-16-19-31-60(52)69-61/h5-41H,1-4H3. The van der Waals surface area contributed by atoms with E-state index in [0.717, 1.165) is 11.4 Å². The van der Waals surface area contributed by atoms with Crippen LogP contribution >= 0.6 is 11.3 Å². The van der Waals surface area contributed by atoms with Gasteiger partial charge in [-0.1, -0.05) is 210 Å². The van der Waals surface area contributed by atoms with Crippen LogP contribution in [-0.2, 0) is 16.2 Å². The first-order valence-corrected chi connectivity index (χ1v) is 25.2. The molecule has 10 aromatic carbocycles. The van der Waals surface area contributed by atoms with Crippen LogP contribution in [-0.4, -0.2) is 0 Å². The summed E-state index contributed by atoms with van der Waals surface area (Å²) in [5, 5.41) is 2.59. The third-order valence-electron chi connectivity index (χ3n) is 16.1. The molecule has 0 fully saturated rings. The van der Waals surface area contributed by atoms with Crippen molar-refractivity contribution in [1.29, 1.82) is 0 Å². The summed E-state index contributed by atoms with van der Waals surface area (Å²) in [6, 6.07) is 85.0. The van der Waals surface area contributed by atoms with Gasteiger partial charge in [-0.15, -0.1) is 11.3 Å². The van der Waals surface area contributed by atoms with Crippen LogP contribution in [0.25, 0.3) is 64.7 Å². The molecule has 0 radical (unpaired) electrons. The zero-order valence-electron chi connectivity index (χ0n) is 39.2. The van der Waals surface area contributed by atoms with E-state index >= 15 is 0 Å². The first-order valence-electron chi connectivity index (χ1n) is 24.3. The van der Waals surface area contributed by atoms with E-state index in [4.69, 9.17) is 0 Å². The molecule has 0 aliphatic heterocycles. The Hall–Kier alpha value is -7.78. The smallest absolute Gasteiger partial charge is 0.0714 e. The Kier molecular flexibility index (Phi) is 8.54. The second kappa shape index (κ2) is 14.6. The van der Waals surface area contributed by atoms with Crippen molar-refractivity contribution in [2.45, 2.75) is 43.9 Å². The second-order valence-electron chi connectivity index (χ2n) is 20.4. The lowest BCUT2D eigenvalue weighted by Crippen LogP contribution is -2.28. The quantitative estimate of drug-likeness (QED) is 0.161. The Bertz CT molecular complexity index is 3850. The summed E-state index contributed by atoms with van der Waals surface area (Å²) in [7, 11) is 0. The number of rotatable bonds is 6. The summed E-state index contributed by atoms with van der Waals surface area (Å²) in [4.78, 5) is 2.67. The Morgan fingerprint density at radius 2 is 0.870 bits per heavy atom. The van der Waals surface area contributed by atoms with E-state index in [-0.39, 0.29) is 10.8 Å². The Morgan fingerprint density at radius 1 is 0.348 bits per heavy atom. The Morgan fingerprint density at radius 3 is 1.57 bits per heavy atom. The molecule has 3 aliphatic rings. The molecule has 0 amide bonds. The lowest BCUT2D eigenvalue weighted by molar-refractivity contribution is 0.660. The van der Waals surface area contributed by atoms with Crippen molar-refractivity contribution in [3.8, 4) is 44.5 Å². The fourth-order valence-electron chi connectivity index (χ4n) is 12.9. The van der Waals surface area contributed by atoms with Crippen molar-refractivity contribution in [2.24, 2.45) is 0 Å². The Labute approximate surface area is 408 Å². The summed E-state index contributed by atoms with van der Waals surface area (Å²) >= 11 is 1.92. The summed E-state index contributed by atoms with van der Waals surface area (Å²) < 4.78 is 2.61. The average molecular weight is 900 g/mol. The molecule has 1 heterocycles. The summed E-state index contributed by atoms with van der Waals surface area (Å²) in [6.45, 7) is 9.67. The minimum atomic E-state index is -0.556. The van der Waals surface area contributed by atoms with Crippen LogP contribution in [0.4, 0.5) is 17.1 Å². The first-order chi connectivity index (χ1) is 33.7. The number of nitrogens with zero attached hydrogens (tertiary/aromatic N) is 1. The maximum atomic E-state index is 2.67. The van der Waals surface area contributed by atoms with Gasteiger partial charge in [0.25, 0.3) is 0 Å². The van der Waals surface area contributed by atoms with E-state index in [9.17, 15) is 0 Å². The topological polar surface area (TPSA) is 3.24 Å². The molecule has 0 saturated carbocycles. The molecule has 0 N–H and O–H groups in total. The zero-order chi connectivity index (χ0) is 46.2. The monoisotopic (exact) mass is 899 g/mol. The third kappa shape index (κ3) is 5.52. The van der Waals surface area contributed by atoms with Crippen LogP contribution in [0.15, 0.2) is 224 Å². The lowest BCUT2D eigenvalue weighted by Gasteiger charge is -2.35. The average Bonchev–Trinajstić information content (AvgIpc) is 4.06. The molecule has 3 aliphatic carbocycles. The van der Waals surface area contributed by atoms with Gasteiger partial charge >= 0.3 is 0 Å². The predicted octanol–water partition coefficient (Wildman–Crippen LogP) is 18.2. The van der Waals surface area contributed by atoms with Crippen molar-refractivity contribution in [3.05, 3.63) is 269 Å². The van der Waals surface area contributed by atoms with Gasteiger partial charge in [-0.25, -0.2) is 0 Å². The molecule has 14 rings (SSSR count). The van der Waals surface area contributed by atoms with Gasteiger partial charge in [-0.05, 0) is 126 Å². The van der Waals surface area contributed by atoms with E-state index < -0.39 is 5.41 Å². The summed E-state index contributed by atoms with van der Waals surface area (Å²) in [5.41, 5.74) is 23.4. The minimum Gasteiger partial charge on any atom is -0.309 e. The maximum absolute atomic E-state index is 2.67. The van der Waals surface area contributed by atoms with Crippen LogP contribution in [0.2, 0.25) is 0 Å². The van der Waals surface area contributed by atoms with Crippen LogP contribution in [0, 0.1) is 0 Å². The predicted molar refractivity (Wildman–Crippen MR) is 292 cm³/mol. The number of thiophene rings is 1. The number of anilines is 3. The fraction of sp³-hybridized carbons (Fsp3) is 0.104. The first kappa shape index (κ1) is 40.3. The van der Waals surface area contributed by atoms with Crippen LogP contribution < -0.4 is 4.90 Å². The highest BCUT2D eigenvalue weighted by molar-refractivity contribution is 7.26. The van der Waals surface area contributed by atoms with Crippen LogP contribution in [0.5, 0.6) is 0 Å². The molecule has 1 nitrogen and oxygen atoms in total. The van der Waals surface area contributed by atoms with E-state index in [0.29, 0.717) is 0 Å². The molecule has 0 bridgehead atoms. The molecule has 11 aromatic rings. The number of hydrogen-bond acceptors (Lipinski definition) is 2. The van der Waals surface area contributed by atoms with Gasteiger partial charge in [0.2, 0.25) is 0 Å². The molecule has 328 valence electrons. The van der Waals surface area contributed by atoms with Gasteiger partial charge in [0.05, 0.1) is 11.1 Å². The minimum absolute atomic E-state index is 0.189. The van der Waals surface area contributed by atoms with Crippen molar-refractivity contribution >= 4 is 48.6 Å². The molecule has 0 spiro atoms. The third-order valence-corrected chi connectivity index (χ3v) is 17.3. The fourth-order valence-corrected chi connectivity index (χ4v) is 14.1. The van der Waals surface area contributed by atoms with E-state index in [2.05, 4.69) is 257 Å². The van der Waals surface area contributed by atoms with Gasteiger partial charge in [0.15, 0.2) is 0 Å². The maximum Gasteiger partial charge on any atom is 0.0714 e. The SMILES string of the molecule is CC1(C)c2ccccc2-c2ccc(N(c3ccc4c(c3)C(c3ccccc3)(c3ccccc3)c3ccccc3-4)c3c4c(cc5sc6ccccc6c35)C(C)(C)c3ccc(-c5ccccc5)cc3-4)cc21. The highest BCUT2D eigenvalue weighted by Crippen LogP contribution is 2.62. The van der Waals surface area contributed by atoms with Gasteiger partial charge in [-0.2, -0.15) is 0 Å². The summed E-state index contributed by atoms with van der Waals surface area (Å²) in [6.07, 6.45) is 0. The van der Waals surface area contributed by atoms with Gasteiger partial charge in [-0.3, -0.25) is 0 Å². The van der Waals surface area contributed by atoms with Crippen LogP contribution in [0.1, 0.15) is 72.2 Å². The molecule has 2 heteroatoms. The molecule has 1 aromatic heterocycles. The van der Waals surface area contributed by atoms with E-state index in [1.165, 1.54) is 115 Å². The van der Waals surface area contributed by atoms with Gasteiger partial charge < -0.3 is 4.90 Å². The highest BCUT2D eigenvalue weighted by atomic mass is 32.1. The zero-order valence-corrected chi connectivity index (χ0v) is 40.0. The van der Waals surface area contributed by atoms with Crippen molar-refractivity contribution < 1.29 is 0 Å². The van der Waals surface area contributed by atoms with Gasteiger partial charge in [0, 0.05) is 47.9 Å². The molecular formula is C67H49NS. The molecule has 0 unspecified atom stereocenters. The van der Waals surface area contributed by atoms with Gasteiger partial charge in [0.1, 0.15) is 0 Å². The van der Waals surface area contributed by atoms with E-state index in [1.807, 2.05) is 11.3 Å². The number of fused-ring (bicyclic) bond motifs is 12. The Balaban J connectivity index is 1.13. The van der Waals surface area contributed by atoms with Crippen molar-refractivity contribution in [3.63, 3.8) is 0 Å².